The second kappa shape index (κ2) is 3.74. The first-order chi connectivity index (χ1) is 6.38. The number of carbonyl (C=O) groups is 1. The molecule has 1 aromatic rings. The van der Waals surface area contributed by atoms with E-state index in [-0.39, 0.29) is 0 Å². The molecular formula is C12H15ClO. The number of aryl methyl sites for hydroxylation is 3. The molecule has 14 heavy (non-hydrogen) atoms. The Morgan fingerprint density at radius 1 is 1.14 bits per heavy atom. The molecule has 0 N–H and O–H groups in total. The van der Waals surface area contributed by atoms with Gasteiger partial charge < -0.3 is 4.79 Å². The Morgan fingerprint density at radius 3 is 2.14 bits per heavy atom. The topological polar surface area (TPSA) is 17.1 Å². The Bertz CT molecular complexity index is 367. The van der Waals surface area contributed by atoms with Crippen molar-refractivity contribution >= 4 is 17.9 Å². The first-order valence-electron chi connectivity index (χ1n) is 4.62. The van der Waals surface area contributed by atoms with E-state index >= 15 is 0 Å². The van der Waals surface area contributed by atoms with Crippen LogP contribution in [-0.2, 0) is 9.67 Å². The van der Waals surface area contributed by atoms with Crippen molar-refractivity contribution in [1.29, 1.82) is 0 Å². The lowest BCUT2D eigenvalue weighted by Crippen LogP contribution is -2.17. The van der Waals surface area contributed by atoms with E-state index in [9.17, 15) is 4.79 Å². The number of hydrogen-bond donors (Lipinski definition) is 0. The van der Waals surface area contributed by atoms with Crippen molar-refractivity contribution in [2.45, 2.75) is 32.6 Å². The Balaban J connectivity index is 3.36. The third kappa shape index (κ3) is 1.98. The summed E-state index contributed by atoms with van der Waals surface area (Å²) in [5, 5.41) is 0. The molecule has 0 aliphatic carbocycles. The van der Waals surface area contributed by atoms with Crippen molar-refractivity contribution in [3.63, 3.8) is 0 Å². The first kappa shape index (κ1) is 11.3. The van der Waals surface area contributed by atoms with Crippen LogP contribution in [0.1, 0.15) is 29.2 Å². The molecule has 0 fully saturated rings. The van der Waals surface area contributed by atoms with Gasteiger partial charge in [-0.3, -0.25) is 0 Å². The van der Waals surface area contributed by atoms with E-state index in [0.717, 1.165) is 17.4 Å². The van der Waals surface area contributed by atoms with Gasteiger partial charge in [-0.2, -0.15) is 0 Å². The Kier molecular flexibility index (Phi) is 3.01. The minimum absolute atomic E-state index is 0.783. The molecule has 0 aromatic heterocycles. The second-order valence-corrected chi connectivity index (χ2v) is 4.73. The smallest absolute Gasteiger partial charge is 0.145 e. The average Bonchev–Trinajstić information content (AvgIpc) is 2.11. The lowest BCUT2D eigenvalue weighted by molar-refractivity contribution is -0.109. The number of benzene rings is 1. The molecule has 0 saturated heterocycles. The first-order valence-corrected chi connectivity index (χ1v) is 5.00. The molecule has 0 aliphatic heterocycles. The maximum absolute atomic E-state index is 10.8. The molecule has 0 radical (unpaired) electrons. The predicted molar refractivity (Wildman–Crippen MR) is 59.9 cm³/mol. The summed E-state index contributed by atoms with van der Waals surface area (Å²) in [5.74, 6) is 0. The van der Waals surface area contributed by atoms with Gasteiger partial charge in [0.05, 0.1) is 0 Å². The quantitative estimate of drug-likeness (QED) is 0.541. The van der Waals surface area contributed by atoms with E-state index in [1.165, 1.54) is 11.1 Å². The van der Waals surface area contributed by atoms with Gasteiger partial charge in [0.15, 0.2) is 0 Å². The van der Waals surface area contributed by atoms with Crippen molar-refractivity contribution in [1.82, 2.24) is 0 Å². The third-order valence-electron chi connectivity index (χ3n) is 2.59. The molecule has 1 unspecified atom stereocenters. The fraction of sp³-hybridized carbons (Fsp3) is 0.417. The monoisotopic (exact) mass is 210 g/mol. The molecule has 0 saturated carbocycles. The highest BCUT2D eigenvalue weighted by Gasteiger charge is 2.24. The minimum atomic E-state index is -0.900. The largest absolute Gasteiger partial charge is 0.301 e. The Morgan fingerprint density at radius 2 is 1.64 bits per heavy atom. The van der Waals surface area contributed by atoms with Crippen LogP contribution < -0.4 is 0 Å². The van der Waals surface area contributed by atoms with Crippen LogP contribution >= 0.6 is 11.6 Å². The molecule has 0 amide bonds. The number of hydrogen-bond acceptors (Lipinski definition) is 1. The van der Waals surface area contributed by atoms with Gasteiger partial charge in [0.25, 0.3) is 0 Å². The Labute approximate surface area is 90.1 Å². The zero-order chi connectivity index (χ0) is 10.9. The van der Waals surface area contributed by atoms with Crippen molar-refractivity contribution in [3.05, 3.63) is 34.4 Å². The molecule has 0 spiro atoms. The fourth-order valence-corrected chi connectivity index (χ4v) is 1.75. The maximum Gasteiger partial charge on any atom is 0.145 e. The summed E-state index contributed by atoms with van der Waals surface area (Å²) in [5.41, 5.74) is 4.36. The van der Waals surface area contributed by atoms with Crippen LogP contribution in [0.3, 0.4) is 0 Å². The van der Waals surface area contributed by atoms with Crippen molar-refractivity contribution < 1.29 is 4.79 Å². The third-order valence-corrected chi connectivity index (χ3v) is 2.88. The van der Waals surface area contributed by atoms with Crippen molar-refractivity contribution in [2.24, 2.45) is 0 Å². The molecule has 2 heteroatoms. The minimum Gasteiger partial charge on any atom is -0.301 e. The molecular weight excluding hydrogens is 196 g/mol. The summed E-state index contributed by atoms with van der Waals surface area (Å²) in [6.45, 7) is 7.78. The van der Waals surface area contributed by atoms with Gasteiger partial charge >= 0.3 is 0 Å². The summed E-state index contributed by atoms with van der Waals surface area (Å²) in [6.07, 6.45) is 0.783. The van der Waals surface area contributed by atoms with Crippen LogP contribution in [0, 0.1) is 20.8 Å². The van der Waals surface area contributed by atoms with E-state index in [1.54, 1.807) is 6.92 Å². The van der Waals surface area contributed by atoms with Crippen LogP contribution in [-0.4, -0.2) is 6.29 Å². The van der Waals surface area contributed by atoms with Gasteiger partial charge in [-0.05, 0) is 49.9 Å². The number of halogens is 1. The highest BCUT2D eigenvalue weighted by Crippen LogP contribution is 2.30. The van der Waals surface area contributed by atoms with Crippen LogP contribution in [0.15, 0.2) is 12.1 Å². The number of aldehydes is 1. The molecule has 0 aliphatic rings. The van der Waals surface area contributed by atoms with Gasteiger partial charge in [0, 0.05) is 0 Å². The maximum atomic E-state index is 10.8. The van der Waals surface area contributed by atoms with Crippen LogP contribution in [0.4, 0.5) is 0 Å². The van der Waals surface area contributed by atoms with E-state index in [1.807, 2.05) is 19.9 Å². The highest BCUT2D eigenvalue weighted by atomic mass is 35.5. The molecule has 1 atom stereocenters. The molecule has 1 rings (SSSR count). The van der Waals surface area contributed by atoms with Crippen LogP contribution in [0.25, 0.3) is 0 Å². The number of alkyl halides is 1. The van der Waals surface area contributed by atoms with E-state index in [4.69, 9.17) is 11.6 Å². The predicted octanol–water partition coefficient (Wildman–Crippen LogP) is 3.26. The lowest BCUT2D eigenvalue weighted by atomic mass is 9.93. The van der Waals surface area contributed by atoms with Crippen molar-refractivity contribution in [2.75, 3.05) is 0 Å². The molecule has 76 valence electrons. The Hall–Kier alpha value is -0.820. The van der Waals surface area contributed by atoms with E-state index < -0.39 is 4.87 Å². The van der Waals surface area contributed by atoms with Crippen molar-refractivity contribution in [3.8, 4) is 0 Å². The van der Waals surface area contributed by atoms with Gasteiger partial charge in [-0.15, -0.1) is 11.6 Å². The average molecular weight is 211 g/mol. The molecule has 1 aromatic carbocycles. The fourth-order valence-electron chi connectivity index (χ4n) is 1.55. The van der Waals surface area contributed by atoms with Crippen LogP contribution in [0.5, 0.6) is 0 Å². The normalized spacial score (nSPS) is 14.9. The highest BCUT2D eigenvalue weighted by molar-refractivity contribution is 6.31. The van der Waals surface area contributed by atoms with E-state index in [0.29, 0.717) is 0 Å². The van der Waals surface area contributed by atoms with Gasteiger partial charge in [0.1, 0.15) is 11.2 Å². The number of rotatable bonds is 2. The van der Waals surface area contributed by atoms with Gasteiger partial charge in [-0.1, -0.05) is 12.1 Å². The standard InChI is InChI=1S/C12H15ClO/c1-8-5-10(3)11(6-9(8)2)12(4,13)7-14/h5-7H,1-4H3. The van der Waals surface area contributed by atoms with E-state index in [2.05, 4.69) is 13.0 Å². The molecule has 0 bridgehead atoms. The van der Waals surface area contributed by atoms with Gasteiger partial charge in [0.2, 0.25) is 0 Å². The van der Waals surface area contributed by atoms with Gasteiger partial charge in [-0.25, -0.2) is 0 Å². The second-order valence-electron chi connectivity index (χ2n) is 3.94. The zero-order valence-electron chi connectivity index (χ0n) is 9.02. The summed E-state index contributed by atoms with van der Waals surface area (Å²) >= 11 is 6.11. The van der Waals surface area contributed by atoms with Crippen LogP contribution in [0.2, 0.25) is 0 Å². The SMILES string of the molecule is Cc1cc(C)c(C(C)(Cl)C=O)cc1C. The lowest BCUT2D eigenvalue weighted by Gasteiger charge is -2.19. The molecule has 0 heterocycles. The summed E-state index contributed by atoms with van der Waals surface area (Å²) in [7, 11) is 0. The number of carbonyl (C=O) groups excluding carboxylic acids is 1. The summed E-state index contributed by atoms with van der Waals surface area (Å²) < 4.78 is 0. The molecule has 1 nitrogen and oxygen atoms in total. The zero-order valence-corrected chi connectivity index (χ0v) is 9.77. The summed E-state index contributed by atoms with van der Waals surface area (Å²) in [6, 6.07) is 4.06. The summed E-state index contributed by atoms with van der Waals surface area (Å²) in [4.78, 5) is 9.94.